The SMILES string of the molecule is [C-]#[N+]c1ccnc(NC(=O)c2ccc(-c3nc4n5c(cnc(N)c35)/C=C/CCCCCC(=O)N[C@@H]3CCC[C@@H]4C3)cc2)c1. The number of aromatic nitrogens is 4. The first-order valence-electron chi connectivity index (χ1n) is 14.9. The molecule has 4 heterocycles. The quantitative estimate of drug-likeness (QED) is 0.246. The molecule has 0 saturated heterocycles. The maximum Gasteiger partial charge on any atom is 0.256 e. The molecule has 218 valence electrons. The van der Waals surface area contributed by atoms with Crippen molar-refractivity contribution in [2.75, 3.05) is 11.1 Å². The summed E-state index contributed by atoms with van der Waals surface area (Å²) in [6.45, 7) is 7.18. The predicted molar refractivity (Wildman–Crippen MR) is 167 cm³/mol. The van der Waals surface area contributed by atoms with Gasteiger partial charge in [-0.3, -0.25) is 14.0 Å². The van der Waals surface area contributed by atoms with Gasteiger partial charge < -0.3 is 16.4 Å². The third-order valence-corrected chi connectivity index (χ3v) is 8.24. The summed E-state index contributed by atoms with van der Waals surface area (Å²) >= 11 is 0. The lowest BCUT2D eigenvalue weighted by Gasteiger charge is -2.29. The van der Waals surface area contributed by atoms with E-state index in [1.165, 1.54) is 12.3 Å². The van der Waals surface area contributed by atoms with E-state index in [0.29, 0.717) is 35.0 Å². The Labute approximate surface area is 250 Å². The first kappa shape index (κ1) is 28.1. The monoisotopic (exact) mass is 574 g/mol. The lowest BCUT2D eigenvalue weighted by Crippen LogP contribution is -2.38. The topological polar surface area (TPSA) is 132 Å². The summed E-state index contributed by atoms with van der Waals surface area (Å²) in [5, 5.41) is 6.03. The van der Waals surface area contributed by atoms with E-state index in [-0.39, 0.29) is 23.8 Å². The number of benzene rings is 1. The Hall–Kier alpha value is -5.04. The summed E-state index contributed by atoms with van der Waals surface area (Å²) in [6.07, 6.45) is 15.7. The number of carbonyl (C=O) groups excluding carboxylic acids is 2. The molecule has 4 aromatic rings. The zero-order valence-corrected chi connectivity index (χ0v) is 23.9. The molecule has 1 fully saturated rings. The zero-order valence-electron chi connectivity index (χ0n) is 23.9. The van der Waals surface area contributed by atoms with Crippen LogP contribution in [0.3, 0.4) is 0 Å². The number of carbonyl (C=O) groups is 2. The summed E-state index contributed by atoms with van der Waals surface area (Å²) in [5.74, 6) is 1.58. The Kier molecular flexibility index (Phi) is 8.13. The Morgan fingerprint density at radius 1 is 1.09 bits per heavy atom. The lowest BCUT2D eigenvalue weighted by atomic mass is 9.85. The first-order chi connectivity index (χ1) is 21.0. The van der Waals surface area contributed by atoms with Crippen molar-refractivity contribution < 1.29 is 9.59 Å². The third-order valence-electron chi connectivity index (χ3n) is 8.24. The standard InChI is InChI=1S/C33H34N8O2/c1-35-24-16-17-36-27(19-24)39-33(43)22-14-12-21(13-15-22)29-30-31(34)37-20-26-10-5-3-2-4-6-11-28(42)38-25-9-7-8-23(18-25)32(40-29)41(26)30/h5,10,12-17,19-20,23,25H,2-4,6-9,11,18H2,(H2,34,37)(H,38,42)(H,36,39,43)/b10-5+/t23-,25-/m1/s1. The van der Waals surface area contributed by atoms with Gasteiger partial charge >= 0.3 is 0 Å². The third kappa shape index (κ3) is 6.11. The summed E-state index contributed by atoms with van der Waals surface area (Å²) in [6, 6.07) is 10.5. The van der Waals surface area contributed by atoms with E-state index in [9.17, 15) is 9.59 Å². The van der Waals surface area contributed by atoms with Gasteiger partial charge in [-0.25, -0.2) is 19.8 Å². The molecule has 1 aliphatic carbocycles. The number of nitrogens with one attached hydrogen (secondary N) is 2. The number of hydrogen-bond acceptors (Lipinski definition) is 6. The number of hydrogen-bond donors (Lipinski definition) is 3. The van der Waals surface area contributed by atoms with Crippen molar-refractivity contribution in [1.82, 2.24) is 24.7 Å². The summed E-state index contributed by atoms with van der Waals surface area (Å²) in [7, 11) is 0. The lowest BCUT2D eigenvalue weighted by molar-refractivity contribution is -0.122. The van der Waals surface area contributed by atoms with Gasteiger partial charge in [-0.1, -0.05) is 31.1 Å². The van der Waals surface area contributed by atoms with Gasteiger partial charge in [-0.15, -0.1) is 0 Å². The number of imidazole rings is 1. The van der Waals surface area contributed by atoms with Crippen molar-refractivity contribution in [2.24, 2.45) is 0 Å². The Balaban J connectivity index is 1.37. The van der Waals surface area contributed by atoms with Gasteiger partial charge in [-0.2, -0.15) is 0 Å². The van der Waals surface area contributed by atoms with Gasteiger partial charge in [0.2, 0.25) is 5.91 Å². The molecule has 0 radical (unpaired) electrons. The van der Waals surface area contributed by atoms with E-state index in [1.807, 2.05) is 12.1 Å². The molecule has 2 atom stereocenters. The van der Waals surface area contributed by atoms with Crippen molar-refractivity contribution >= 4 is 40.7 Å². The molecule has 43 heavy (non-hydrogen) atoms. The molecule has 4 N–H and O–H groups in total. The van der Waals surface area contributed by atoms with Crippen LogP contribution in [-0.4, -0.2) is 37.2 Å². The highest BCUT2D eigenvalue weighted by molar-refractivity contribution is 6.04. The van der Waals surface area contributed by atoms with Crippen LogP contribution in [0.2, 0.25) is 0 Å². The molecular weight excluding hydrogens is 540 g/mol. The van der Waals surface area contributed by atoms with Crippen LogP contribution in [0.4, 0.5) is 17.3 Å². The first-order valence-corrected chi connectivity index (χ1v) is 14.9. The fraction of sp³-hybridized carbons (Fsp3) is 0.333. The number of allylic oxidation sites excluding steroid dienone is 1. The van der Waals surface area contributed by atoms with Crippen molar-refractivity contribution in [3.05, 3.63) is 83.4 Å². The van der Waals surface area contributed by atoms with Crippen LogP contribution in [0.5, 0.6) is 0 Å². The van der Waals surface area contributed by atoms with E-state index >= 15 is 0 Å². The number of nitrogens with zero attached hydrogens (tertiary/aromatic N) is 5. The van der Waals surface area contributed by atoms with Crippen molar-refractivity contribution in [3.8, 4) is 11.3 Å². The maximum atomic E-state index is 12.9. The molecule has 2 bridgehead atoms. The number of rotatable bonds is 3. The van der Waals surface area contributed by atoms with Gasteiger partial charge in [0.05, 0.1) is 18.5 Å². The van der Waals surface area contributed by atoms with E-state index in [1.54, 1.807) is 24.4 Å². The van der Waals surface area contributed by atoms with Gasteiger partial charge in [0, 0.05) is 35.7 Å². The minimum absolute atomic E-state index is 0.119. The average Bonchev–Trinajstić information content (AvgIpc) is 3.43. The molecular formula is C33H34N8O2. The molecule has 1 aliphatic heterocycles. The highest BCUT2D eigenvalue weighted by Crippen LogP contribution is 2.38. The van der Waals surface area contributed by atoms with Gasteiger partial charge in [0.1, 0.15) is 28.7 Å². The summed E-state index contributed by atoms with van der Waals surface area (Å²) in [5.41, 5.74) is 10.6. The molecule has 6 rings (SSSR count). The molecule has 0 unspecified atom stereocenters. The van der Waals surface area contributed by atoms with Gasteiger partial charge in [0.15, 0.2) is 5.69 Å². The molecule has 0 spiro atoms. The maximum absolute atomic E-state index is 12.9. The Morgan fingerprint density at radius 3 is 2.79 bits per heavy atom. The van der Waals surface area contributed by atoms with Crippen LogP contribution < -0.4 is 16.4 Å². The summed E-state index contributed by atoms with van der Waals surface area (Å²) < 4.78 is 2.14. The van der Waals surface area contributed by atoms with Gasteiger partial charge in [-0.05, 0) is 68.9 Å². The van der Waals surface area contributed by atoms with Crippen LogP contribution in [0.1, 0.15) is 85.6 Å². The highest BCUT2D eigenvalue weighted by Gasteiger charge is 2.30. The second kappa shape index (κ2) is 12.4. The summed E-state index contributed by atoms with van der Waals surface area (Å²) in [4.78, 5) is 42.8. The predicted octanol–water partition coefficient (Wildman–Crippen LogP) is 6.30. The van der Waals surface area contributed by atoms with Crippen LogP contribution in [0.15, 0.2) is 54.9 Å². The molecule has 3 aromatic heterocycles. The largest absolute Gasteiger partial charge is 0.382 e. The smallest absolute Gasteiger partial charge is 0.256 e. The number of nitrogens with two attached hydrogens (primary N) is 1. The highest BCUT2D eigenvalue weighted by atomic mass is 16.2. The van der Waals surface area contributed by atoms with E-state index < -0.39 is 0 Å². The van der Waals surface area contributed by atoms with Crippen molar-refractivity contribution in [2.45, 2.75) is 69.7 Å². The number of anilines is 2. The molecule has 10 heteroatoms. The minimum atomic E-state index is -0.325. The minimum Gasteiger partial charge on any atom is -0.382 e. The normalized spacial score (nSPS) is 19.8. The van der Waals surface area contributed by atoms with Crippen LogP contribution in [-0.2, 0) is 4.79 Å². The number of pyridine rings is 1. The van der Waals surface area contributed by atoms with Crippen LogP contribution in [0, 0.1) is 6.57 Å². The fourth-order valence-corrected chi connectivity index (χ4v) is 6.09. The number of fused-ring (bicyclic) bond motifs is 3. The average molecular weight is 575 g/mol. The van der Waals surface area contributed by atoms with Crippen LogP contribution in [0.25, 0.3) is 27.7 Å². The van der Waals surface area contributed by atoms with Crippen molar-refractivity contribution in [3.63, 3.8) is 0 Å². The molecule has 10 nitrogen and oxygen atoms in total. The molecule has 1 aromatic carbocycles. The molecule has 1 saturated carbocycles. The van der Waals surface area contributed by atoms with E-state index in [2.05, 4.69) is 42.0 Å². The Morgan fingerprint density at radius 2 is 1.95 bits per heavy atom. The Bertz CT molecular complexity index is 1730. The second-order valence-corrected chi connectivity index (χ2v) is 11.2. The molecule has 2 aliphatic rings. The number of amides is 2. The number of nitrogen functional groups attached to an aromatic ring is 1. The zero-order chi connectivity index (χ0) is 29.8. The van der Waals surface area contributed by atoms with E-state index in [0.717, 1.165) is 74.0 Å². The van der Waals surface area contributed by atoms with E-state index in [4.69, 9.17) is 17.3 Å². The van der Waals surface area contributed by atoms with Crippen molar-refractivity contribution in [1.29, 1.82) is 0 Å². The van der Waals surface area contributed by atoms with Crippen LogP contribution >= 0.6 is 0 Å². The second-order valence-electron chi connectivity index (χ2n) is 11.2. The van der Waals surface area contributed by atoms with Gasteiger partial charge in [0.25, 0.3) is 5.91 Å². The fourth-order valence-electron chi connectivity index (χ4n) is 6.09. The molecule has 2 amide bonds.